The zero-order chi connectivity index (χ0) is 7.94. The lowest BCUT2D eigenvalue weighted by Gasteiger charge is -2.22. The molecule has 0 bridgehead atoms. The number of nitrogens with two attached hydrogens (primary N) is 1. The molecule has 1 fully saturated rings. The minimum atomic E-state index is -0.0288. The van der Waals surface area contributed by atoms with Crippen molar-refractivity contribution in [3.63, 3.8) is 0 Å². The normalized spacial score (nSPS) is 25.4. The number of ether oxygens (including phenoxy) is 2. The predicted molar refractivity (Wildman–Crippen MR) is 39.7 cm³/mol. The third-order valence-electron chi connectivity index (χ3n) is 1.64. The molecule has 0 saturated carbocycles. The standard InChI is InChI=1S/C7H15NO3/c8-11-6-5-10-7-3-1-2-4-9-7/h7H,1-6,8H2. The first-order chi connectivity index (χ1) is 5.43. The summed E-state index contributed by atoms with van der Waals surface area (Å²) in [4.78, 5) is 4.35. The molecule has 0 aromatic heterocycles. The molecule has 1 unspecified atom stereocenters. The summed E-state index contributed by atoms with van der Waals surface area (Å²) in [5.41, 5.74) is 0. The topological polar surface area (TPSA) is 53.7 Å². The van der Waals surface area contributed by atoms with E-state index in [4.69, 9.17) is 15.4 Å². The average molecular weight is 161 g/mol. The summed E-state index contributed by atoms with van der Waals surface area (Å²) in [6.07, 6.45) is 3.30. The van der Waals surface area contributed by atoms with Crippen molar-refractivity contribution in [3.05, 3.63) is 0 Å². The van der Waals surface area contributed by atoms with E-state index in [9.17, 15) is 0 Å². The van der Waals surface area contributed by atoms with Gasteiger partial charge in [-0.15, -0.1) is 0 Å². The van der Waals surface area contributed by atoms with Crippen LogP contribution in [0.1, 0.15) is 19.3 Å². The zero-order valence-electron chi connectivity index (χ0n) is 6.62. The number of hydrogen-bond acceptors (Lipinski definition) is 4. The molecule has 0 amide bonds. The molecule has 1 rings (SSSR count). The summed E-state index contributed by atoms with van der Waals surface area (Å²) >= 11 is 0. The minimum absolute atomic E-state index is 0.0288. The van der Waals surface area contributed by atoms with Gasteiger partial charge in [0.2, 0.25) is 0 Å². The van der Waals surface area contributed by atoms with Gasteiger partial charge in [-0.1, -0.05) is 0 Å². The van der Waals surface area contributed by atoms with Gasteiger partial charge in [0.25, 0.3) is 0 Å². The molecule has 0 radical (unpaired) electrons. The van der Waals surface area contributed by atoms with Crippen LogP contribution in [0.5, 0.6) is 0 Å². The highest BCUT2D eigenvalue weighted by Gasteiger charge is 2.12. The van der Waals surface area contributed by atoms with Gasteiger partial charge in [-0.2, -0.15) is 0 Å². The van der Waals surface area contributed by atoms with Crippen LogP contribution in [0, 0.1) is 0 Å². The van der Waals surface area contributed by atoms with Crippen molar-refractivity contribution in [2.75, 3.05) is 19.8 Å². The van der Waals surface area contributed by atoms with Crippen LogP contribution in [0.2, 0.25) is 0 Å². The Morgan fingerprint density at radius 3 is 2.91 bits per heavy atom. The van der Waals surface area contributed by atoms with Crippen molar-refractivity contribution in [3.8, 4) is 0 Å². The van der Waals surface area contributed by atoms with Crippen molar-refractivity contribution in [1.82, 2.24) is 0 Å². The molecule has 0 aromatic rings. The van der Waals surface area contributed by atoms with Crippen LogP contribution in [0.4, 0.5) is 0 Å². The summed E-state index contributed by atoms with van der Waals surface area (Å²) in [7, 11) is 0. The number of hydrogen-bond donors (Lipinski definition) is 1. The van der Waals surface area contributed by atoms with E-state index in [-0.39, 0.29) is 6.29 Å². The molecule has 1 heterocycles. The summed E-state index contributed by atoms with van der Waals surface area (Å²) in [6, 6.07) is 0. The third-order valence-corrected chi connectivity index (χ3v) is 1.64. The van der Waals surface area contributed by atoms with E-state index in [1.807, 2.05) is 0 Å². The minimum Gasteiger partial charge on any atom is -0.353 e. The highest BCUT2D eigenvalue weighted by molar-refractivity contribution is 4.53. The molecule has 1 atom stereocenters. The van der Waals surface area contributed by atoms with Crippen LogP contribution in [-0.4, -0.2) is 26.1 Å². The van der Waals surface area contributed by atoms with Crippen LogP contribution in [0.15, 0.2) is 0 Å². The van der Waals surface area contributed by atoms with E-state index < -0.39 is 0 Å². The monoisotopic (exact) mass is 161 g/mol. The Morgan fingerprint density at radius 1 is 1.36 bits per heavy atom. The summed E-state index contributed by atoms with van der Waals surface area (Å²) in [5.74, 6) is 4.82. The lowest BCUT2D eigenvalue weighted by atomic mass is 10.2. The van der Waals surface area contributed by atoms with Crippen LogP contribution in [0.25, 0.3) is 0 Å². The van der Waals surface area contributed by atoms with Crippen molar-refractivity contribution >= 4 is 0 Å². The van der Waals surface area contributed by atoms with Gasteiger partial charge in [0.1, 0.15) is 0 Å². The molecule has 4 nitrogen and oxygen atoms in total. The number of rotatable bonds is 4. The Kier molecular flexibility index (Phi) is 4.45. The Labute approximate surface area is 66.6 Å². The van der Waals surface area contributed by atoms with Gasteiger partial charge in [-0.05, 0) is 19.3 Å². The van der Waals surface area contributed by atoms with Gasteiger partial charge < -0.3 is 14.3 Å². The second-order valence-corrected chi connectivity index (χ2v) is 2.54. The van der Waals surface area contributed by atoms with E-state index in [1.165, 1.54) is 6.42 Å². The van der Waals surface area contributed by atoms with Crippen molar-refractivity contribution in [1.29, 1.82) is 0 Å². The molecule has 1 aliphatic rings. The maximum absolute atomic E-state index is 5.31. The van der Waals surface area contributed by atoms with E-state index in [0.717, 1.165) is 19.4 Å². The molecule has 0 aliphatic carbocycles. The fourth-order valence-electron chi connectivity index (χ4n) is 1.07. The third kappa shape index (κ3) is 3.67. The van der Waals surface area contributed by atoms with Crippen molar-refractivity contribution in [2.24, 2.45) is 5.90 Å². The van der Waals surface area contributed by atoms with Gasteiger partial charge in [0, 0.05) is 6.61 Å². The van der Waals surface area contributed by atoms with Crippen molar-refractivity contribution < 1.29 is 14.3 Å². The Morgan fingerprint density at radius 2 is 2.27 bits per heavy atom. The first-order valence-corrected chi connectivity index (χ1v) is 3.98. The lowest BCUT2D eigenvalue weighted by Crippen LogP contribution is -2.24. The summed E-state index contributed by atoms with van der Waals surface area (Å²) in [5, 5.41) is 0. The van der Waals surface area contributed by atoms with Gasteiger partial charge in [-0.3, -0.25) is 0 Å². The maximum Gasteiger partial charge on any atom is 0.157 e. The molecule has 1 aliphatic heterocycles. The fraction of sp³-hybridized carbons (Fsp3) is 1.00. The van der Waals surface area contributed by atoms with E-state index >= 15 is 0 Å². The molecular formula is C7H15NO3. The second kappa shape index (κ2) is 5.49. The highest BCUT2D eigenvalue weighted by Crippen LogP contribution is 2.12. The molecule has 2 N–H and O–H groups in total. The molecule has 0 spiro atoms. The Balaban J connectivity index is 1.96. The Hall–Kier alpha value is -0.160. The molecular weight excluding hydrogens is 146 g/mol. The first kappa shape index (κ1) is 8.93. The van der Waals surface area contributed by atoms with Crippen LogP contribution < -0.4 is 5.90 Å². The van der Waals surface area contributed by atoms with Gasteiger partial charge in [0.15, 0.2) is 6.29 Å². The van der Waals surface area contributed by atoms with Gasteiger partial charge in [-0.25, -0.2) is 5.90 Å². The van der Waals surface area contributed by atoms with E-state index in [2.05, 4.69) is 4.84 Å². The fourth-order valence-corrected chi connectivity index (χ4v) is 1.07. The van der Waals surface area contributed by atoms with Crippen LogP contribution >= 0.6 is 0 Å². The average Bonchev–Trinajstić information content (AvgIpc) is 2.07. The quantitative estimate of drug-likeness (QED) is 0.479. The highest BCUT2D eigenvalue weighted by atomic mass is 16.7. The Bertz CT molecular complexity index is 93.7. The molecule has 4 heteroatoms. The molecule has 1 saturated heterocycles. The zero-order valence-corrected chi connectivity index (χ0v) is 6.62. The lowest BCUT2D eigenvalue weighted by molar-refractivity contribution is -0.169. The molecule has 11 heavy (non-hydrogen) atoms. The van der Waals surface area contributed by atoms with Gasteiger partial charge >= 0.3 is 0 Å². The first-order valence-electron chi connectivity index (χ1n) is 3.98. The smallest absolute Gasteiger partial charge is 0.157 e. The van der Waals surface area contributed by atoms with E-state index in [1.54, 1.807) is 0 Å². The molecule has 66 valence electrons. The summed E-state index contributed by atoms with van der Waals surface area (Å²) in [6.45, 7) is 1.76. The van der Waals surface area contributed by atoms with E-state index in [0.29, 0.717) is 13.2 Å². The van der Waals surface area contributed by atoms with Crippen molar-refractivity contribution in [2.45, 2.75) is 25.6 Å². The van der Waals surface area contributed by atoms with Crippen LogP contribution in [-0.2, 0) is 14.3 Å². The maximum atomic E-state index is 5.31. The largest absolute Gasteiger partial charge is 0.353 e. The second-order valence-electron chi connectivity index (χ2n) is 2.54. The predicted octanol–water partition coefficient (Wildman–Crippen LogP) is 0.420. The van der Waals surface area contributed by atoms with Gasteiger partial charge in [0.05, 0.1) is 13.2 Å². The summed E-state index contributed by atoms with van der Waals surface area (Å²) < 4.78 is 10.6. The molecule has 0 aromatic carbocycles. The van der Waals surface area contributed by atoms with Crippen LogP contribution in [0.3, 0.4) is 0 Å². The SMILES string of the molecule is NOCCOC1CCCCO1.